The highest BCUT2D eigenvalue weighted by molar-refractivity contribution is 7.79. The van der Waals surface area contributed by atoms with E-state index in [1.54, 1.807) is 0 Å². The Bertz CT molecular complexity index is 320. The molecule has 3 heteroatoms. The van der Waals surface area contributed by atoms with Crippen LogP contribution >= 0.6 is 15.8 Å². The molecule has 0 saturated carbocycles. The van der Waals surface area contributed by atoms with Gasteiger partial charge >= 0.3 is 0 Å². The summed E-state index contributed by atoms with van der Waals surface area (Å²) in [6.45, 7) is 34.8. The van der Waals surface area contributed by atoms with E-state index < -0.39 is 0 Å². The maximum absolute atomic E-state index is 2.50. The predicted octanol–water partition coefficient (Wildman–Crippen LogP) is 7.30. The first-order valence-electron chi connectivity index (χ1n) is 9.20. The summed E-state index contributed by atoms with van der Waals surface area (Å²) in [6.07, 6.45) is 0. The molecule has 0 amide bonds. The zero-order chi connectivity index (χ0) is 19.2. The molecule has 0 aromatic rings. The van der Waals surface area contributed by atoms with Crippen molar-refractivity contribution in [2.75, 3.05) is 0 Å². The summed E-state index contributed by atoms with van der Waals surface area (Å²) in [4.78, 5) is 0. The van der Waals surface area contributed by atoms with Gasteiger partial charge in [-0.25, -0.2) is 0 Å². The molecule has 0 aliphatic rings. The van der Waals surface area contributed by atoms with Gasteiger partial charge < -0.3 is 0 Å². The van der Waals surface area contributed by atoms with Gasteiger partial charge in [-0.3, -0.25) is 0 Å². The smallest absolute Gasteiger partial charge is 0.0882 e. The van der Waals surface area contributed by atoms with Crippen molar-refractivity contribution in [1.29, 1.82) is 0 Å². The highest BCUT2D eigenvalue weighted by atomic mass is 31.2. The summed E-state index contributed by atoms with van der Waals surface area (Å²) in [5.74, 6) is 0. The molecule has 0 aromatic heterocycles. The Hall–Kier alpha value is 0.925. The van der Waals surface area contributed by atoms with Crippen LogP contribution in [0.5, 0.6) is 0 Å². The molecule has 0 heterocycles. The van der Waals surface area contributed by atoms with Gasteiger partial charge in [-0.05, 0) is 26.0 Å². The molecule has 0 aliphatic carbocycles. The van der Waals surface area contributed by atoms with Crippen LogP contribution in [0.25, 0.3) is 0 Å². The minimum Gasteiger partial charge on any atom is -0.0882 e. The van der Waals surface area contributed by atoms with Crippen LogP contribution in [0.2, 0.25) is 5.31 Å². The molecular formula is C20H45BP2. The van der Waals surface area contributed by atoms with Crippen molar-refractivity contribution in [3.8, 4) is 0 Å². The molecule has 0 atom stereocenters. The molecule has 0 saturated heterocycles. The van der Waals surface area contributed by atoms with Crippen LogP contribution in [0.15, 0.2) is 0 Å². The Morgan fingerprint density at radius 2 is 0.652 bits per heavy atom. The molecule has 138 valence electrons. The summed E-state index contributed by atoms with van der Waals surface area (Å²) in [5.41, 5.74) is 0. The Balaban J connectivity index is 6.55. The number of hydrogen-bond donors (Lipinski definition) is 0. The molecule has 0 aromatic carbocycles. The summed E-state index contributed by atoms with van der Waals surface area (Å²) in [5, 5.41) is 2.65. The summed E-state index contributed by atoms with van der Waals surface area (Å²) >= 11 is 0. The van der Waals surface area contributed by atoms with Gasteiger partial charge in [0.05, 0.1) is 0 Å². The van der Waals surface area contributed by atoms with Gasteiger partial charge in [-0.1, -0.05) is 118 Å². The lowest BCUT2D eigenvalue weighted by molar-refractivity contribution is 0.629. The fourth-order valence-electron chi connectivity index (χ4n) is 4.37. The van der Waals surface area contributed by atoms with E-state index in [1.165, 1.54) is 0 Å². The van der Waals surface area contributed by atoms with Gasteiger partial charge in [0.1, 0.15) is 7.85 Å². The zero-order valence-electron chi connectivity index (χ0n) is 19.0. The normalized spacial score (nSPS) is 15.9. The number of rotatable bonds is 3. The first kappa shape index (κ1) is 23.9. The van der Waals surface area contributed by atoms with Crippen molar-refractivity contribution in [2.24, 2.45) is 0 Å². The third-order valence-corrected chi connectivity index (χ3v) is 13.8. The topological polar surface area (TPSA) is 0 Å². The monoisotopic (exact) mass is 358 g/mol. The van der Waals surface area contributed by atoms with E-state index in [-0.39, 0.29) is 15.8 Å². The van der Waals surface area contributed by atoms with Gasteiger partial charge in [0.25, 0.3) is 0 Å². The highest BCUT2D eigenvalue weighted by Gasteiger charge is 2.52. The molecule has 0 N–H and O–H groups in total. The van der Waals surface area contributed by atoms with Crippen LogP contribution in [-0.2, 0) is 0 Å². The van der Waals surface area contributed by atoms with Crippen LogP contribution in [0.4, 0.5) is 0 Å². The van der Waals surface area contributed by atoms with E-state index in [9.17, 15) is 0 Å². The molecular weight excluding hydrogens is 313 g/mol. The average molecular weight is 358 g/mol. The van der Waals surface area contributed by atoms with Crippen LogP contribution in [-0.4, -0.2) is 33.9 Å². The lowest BCUT2D eigenvalue weighted by atomic mass is 9.74. The van der Waals surface area contributed by atoms with Crippen LogP contribution in [0.3, 0.4) is 0 Å². The second-order valence-electron chi connectivity index (χ2n) is 12.2. The fourth-order valence-corrected chi connectivity index (χ4v) is 18.0. The second kappa shape index (κ2) is 6.91. The maximum Gasteiger partial charge on any atom is 0.110 e. The van der Waals surface area contributed by atoms with Crippen molar-refractivity contribution in [2.45, 2.75) is 128 Å². The third kappa shape index (κ3) is 6.62. The molecule has 0 radical (unpaired) electrons. The number of hydrogen-bond acceptors (Lipinski definition) is 0. The van der Waals surface area contributed by atoms with Gasteiger partial charge in [0, 0.05) is 0 Å². The zero-order valence-corrected chi connectivity index (χ0v) is 20.8. The van der Waals surface area contributed by atoms with Gasteiger partial charge in [-0.2, -0.15) is 0 Å². The Kier molecular flexibility index (Phi) is 7.19. The molecule has 0 unspecified atom stereocenters. The first-order valence-corrected chi connectivity index (χ1v) is 12.0. The van der Waals surface area contributed by atoms with Gasteiger partial charge in [0.2, 0.25) is 0 Å². The average Bonchev–Trinajstić information content (AvgIpc) is 2.04. The minimum atomic E-state index is -0.133. The second-order valence-corrected chi connectivity index (χ2v) is 20.4. The Morgan fingerprint density at radius 1 is 0.478 bits per heavy atom. The maximum atomic E-state index is 2.50. The molecule has 0 bridgehead atoms. The molecule has 0 spiro atoms. The van der Waals surface area contributed by atoms with E-state index >= 15 is 0 Å². The van der Waals surface area contributed by atoms with Crippen LogP contribution in [0, 0.1) is 0 Å². The predicted molar refractivity (Wildman–Crippen MR) is 119 cm³/mol. The van der Waals surface area contributed by atoms with E-state index in [0.717, 1.165) is 5.40 Å². The fraction of sp³-hybridized carbons (Fsp3) is 1.00. The van der Waals surface area contributed by atoms with Gasteiger partial charge in [0.15, 0.2) is 0 Å². The lowest BCUT2D eigenvalue weighted by Crippen LogP contribution is -2.42. The standard InChI is InChI=1S/C20H45BP2/c1-16(2,3)22(17(4,5)6)15(20(13,14)21)23(18(7,8)9)19(10,11)12/h15H,21H2,1-14H3. The van der Waals surface area contributed by atoms with Crippen molar-refractivity contribution >= 4 is 23.7 Å². The SMILES string of the molecule is BC(C)(C)C(P(C(C)(C)C)C(C)(C)C)P(C(C)(C)C)C(C)(C)C. The van der Waals surface area contributed by atoms with Crippen molar-refractivity contribution in [1.82, 2.24) is 0 Å². The Morgan fingerprint density at radius 3 is 0.739 bits per heavy atom. The minimum absolute atomic E-state index is 0.133. The summed E-state index contributed by atoms with van der Waals surface area (Å²) in [7, 11) is 2.23. The third-order valence-electron chi connectivity index (χ3n) is 4.15. The molecule has 23 heavy (non-hydrogen) atoms. The summed E-state index contributed by atoms with van der Waals surface area (Å²) < 4.78 is 0. The highest BCUT2D eigenvalue weighted by Crippen LogP contribution is 2.80. The lowest BCUT2D eigenvalue weighted by Gasteiger charge is -2.59. The van der Waals surface area contributed by atoms with E-state index in [4.69, 9.17) is 0 Å². The quantitative estimate of drug-likeness (QED) is 0.367. The summed E-state index contributed by atoms with van der Waals surface area (Å²) in [6, 6.07) is 0. The molecule has 0 nitrogen and oxygen atoms in total. The molecule has 0 rings (SSSR count). The van der Waals surface area contributed by atoms with E-state index in [2.05, 4.69) is 105 Å². The largest absolute Gasteiger partial charge is 0.110 e. The van der Waals surface area contributed by atoms with Crippen LogP contribution in [0.1, 0.15) is 96.9 Å². The first-order chi connectivity index (χ1) is 9.61. The molecule has 0 aliphatic heterocycles. The van der Waals surface area contributed by atoms with E-state index in [0.29, 0.717) is 25.9 Å². The van der Waals surface area contributed by atoms with Crippen molar-refractivity contribution in [3.05, 3.63) is 0 Å². The Labute approximate surface area is 152 Å². The van der Waals surface area contributed by atoms with Crippen molar-refractivity contribution < 1.29 is 0 Å². The molecule has 0 fully saturated rings. The van der Waals surface area contributed by atoms with E-state index in [1.807, 2.05) is 0 Å². The van der Waals surface area contributed by atoms with Gasteiger partial charge in [-0.15, -0.1) is 0 Å². The van der Waals surface area contributed by atoms with Crippen LogP contribution < -0.4 is 0 Å². The van der Waals surface area contributed by atoms with Crippen molar-refractivity contribution in [3.63, 3.8) is 0 Å².